The molecule has 0 unspecified atom stereocenters. The third-order valence-electron chi connectivity index (χ3n) is 4.47. The number of aromatic nitrogens is 2. The molecule has 8 heteroatoms. The van der Waals surface area contributed by atoms with Crippen LogP contribution in [-0.4, -0.2) is 47.6 Å². The van der Waals surface area contributed by atoms with E-state index in [-0.39, 0.29) is 23.8 Å². The molecule has 31 heavy (non-hydrogen) atoms. The van der Waals surface area contributed by atoms with Crippen LogP contribution >= 0.6 is 0 Å². The van der Waals surface area contributed by atoms with Gasteiger partial charge >= 0.3 is 0 Å². The molecular weight excluding hydrogens is 396 g/mol. The Morgan fingerprint density at radius 2 is 1.74 bits per heavy atom. The molecule has 162 valence electrons. The number of anilines is 1. The van der Waals surface area contributed by atoms with Crippen molar-refractivity contribution in [2.24, 2.45) is 0 Å². The minimum absolute atomic E-state index is 0.0488. The SMILES string of the molecule is CN(C)C(=O)COc1ccc(NC(=O)c2ccccc2-c2nc(C(C)(C)C)no2)cc1. The van der Waals surface area contributed by atoms with Crippen LogP contribution in [0.1, 0.15) is 37.0 Å². The molecule has 0 fully saturated rings. The second-order valence-corrected chi connectivity index (χ2v) is 8.27. The Morgan fingerprint density at radius 3 is 2.35 bits per heavy atom. The maximum absolute atomic E-state index is 12.9. The molecule has 2 amide bonds. The zero-order valence-electron chi connectivity index (χ0n) is 18.3. The van der Waals surface area contributed by atoms with Crippen molar-refractivity contribution in [2.75, 3.05) is 26.0 Å². The smallest absolute Gasteiger partial charge is 0.259 e. The fraction of sp³-hybridized carbons (Fsp3) is 0.304. The molecule has 0 radical (unpaired) electrons. The number of carbonyl (C=O) groups excluding carboxylic acids is 2. The minimum Gasteiger partial charge on any atom is -0.484 e. The molecule has 0 aliphatic carbocycles. The number of likely N-dealkylation sites (N-methyl/N-ethyl adjacent to an activating group) is 1. The van der Waals surface area contributed by atoms with Crippen molar-refractivity contribution in [1.29, 1.82) is 0 Å². The Balaban J connectivity index is 1.73. The van der Waals surface area contributed by atoms with Gasteiger partial charge < -0.3 is 19.5 Å². The predicted octanol–water partition coefficient (Wildman–Crippen LogP) is 3.75. The number of hydrogen-bond acceptors (Lipinski definition) is 6. The first-order chi connectivity index (χ1) is 14.6. The van der Waals surface area contributed by atoms with E-state index in [4.69, 9.17) is 9.26 Å². The number of rotatable bonds is 6. The first-order valence-electron chi connectivity index (χ1n) is 9.83. The van der Waals surface area contributed by atoms with Gasteiger partial charge in [-0.3, -0.25) is 9.59 Å². The molecule has 1 aromatic heterocycles. The van der Waals surface area contributed by atoms with Crippen LogP contribution in [0, 0.1) is 0 Å². The molecule has 8 nitrogen and oxygen atoms in total. The van der Waals surface area contributed by atoms with Crippen LogP contribution in [-0.2, 0) is 10.2 Å². The van der Waals surface area contributed by atoms with Crippen molar-refractivity contribution >= 4 is 17.5 Å². The third kappa shape index (κ3) is 5.48. The highest BCUT2D eigenvalue weighted by molar-refractivity contribution is 6.08. The fourth-order valence-corrected chi connectivity index (χ4v) is 2.61. The molecule has 0 spiro atoms. The molecule has 1 N–H and O–H groups in total. The summed E-state index contributed by atoms with van der Waals surface area (Å²) in [4.78, 5) is 30.4. The fourth-order valence-electron chi connectivity index (χ4n) is 2.61. The van der Waals surface area contributed by atoms with Crippen LogP contribution in [0.3, 0.4) is 0 Å². The minimum atomic E-state index is -0.303. The molecule has 0 aliphatic rings. The summed E-state index contributed by atoms with van der Waals surface area (Å²) in [5, 5.41) is 6.90. The lowest BCUT2D eigenvalue weighted by Crippen LogP contribution is -2.27. The zero-order valence-corrected chi connectivity index (χ0v) is 18.3. The number of amides is 2. The standard InChI is InChI=1S/C23H26N4O4/c1-23(2,3)22-25-21(31-26-22)18-9-7-6-8-17(18)20(29)24-15-10-12-16(13-11-15)30-14-19(28)27(4)5/h6-13H,14H2,1-5H3,(H,24,29). The predicted molar refractivity (Wildman–Crippen MR) is 117 cm³/mol. The first-order valence-corrected chi connectivity index (χ1v) is 9.83. The van der Waals surface area contributed by atoms with E-state index in [0.717, 1.165) is 0 Å². The van der Waals surface area contributed by atoms with Gasteiger partial charge in [-0.05, 0) is 36.4 Å². The second kappa shape index (κ2) is 8.99. The highest BCUT2D eigenvalue weighted by Gasteiger charge is 2.23. The molecule has 1 heterocycles. The van der Waals surface area contributed by atoms with Crippen LogP contribution < -0.4 is 10.1 Å². The summed E-state index contributed by atoms with van der Waals surface area (Å²) < 4.78 is 10.9. The number of benzene rings is 2. The first kappa shape index (κ1) is 22.0. The molecule has 2 aromatic carbocycles. The normalized spacial score (nSPS) is 11.1. The monoisotopic (exact) mass is 422 g/mol. The quantitative estimate of drug-likeness (QED) is 0.650. The maximum atomic E-state index is 12.9. The van der Waals surface area contributed by atoms with Gasteiger partial charge in [0.1, 0.15) is 5.75 Å². The Morgan fingerprint density at radius 1 is 1.06 bits per heavy atom. The van der Waals surface area contributed by atoms with E-state index < -0.39 is 0 Å². The summed E-state index contributed by atoms with van der Waals surface area (Å²) in [6.45, 7) is 5.92. The second-order valence-electron chi connectivity index (χ2n) is 8.27. The van der Waals surface area contributed by atoms with Crippen LogP contribution in [0.4, 0.5) is 5.69 Å². The van der Waals surface area contributed by atoms with Crippen LogP contribution in [0.2, 0.25) is 0 Å². The molecule has 0 saturated carbocycles. The van der Waals surface area contributed by atoms with Crippen molar-refractivity contribution in [3.8, 4) is 17.2 Å². The van der Waals surface area contributed by atoms with E-state index in [9.17, 15) is 9.59 Å². The van der Waals surface area contributed by atoms with Crippen molar-refractivity contribution in [1.82, 2.24) is 15.0 Å². The van der Waals surface area contributed by atoms with Gasteiger partial charge in [-0.2, -0.15) is 4.98 Å². The Kier molecular flexibility index (Phi) is 6.39. The van der Waals surface area contributed by atoms with Gasteiger partial charge in [-0.1, -0.05) is 38.1 Å². The van der Waals surface area contributed by atoms with E-state index in [1.807, 2.05) is 26.8 Å². The van der Waals surface area contributed by atoms with Crippen LogP contribution in [0.5, 0.6) is 5.75 Å². The number of nitrogens with one attached hydrogen (secondary N) is 1. The van der Waals surface area contributed by atoms with Crippen molar-refractivity contribution in [3.05, 3.63) is 59.9 Å². The van der Waals surface area contributed by atoms with Gasteiger partial charge in [0.25, 0.3) is 17.7 Å². The Labute approximate surface area is 181 Å². The highest BCUT2D eigenvalue weighted by atomic mass is 16.5. The van der Waals surface area contributed by atoms with Crippen LogP contribution in [0.25, 0.3) is 11.5 Å². The van der Waals surface area contributed by atoms with Gasteiger partial charge in [0.15, 0.2) is 12.4 Å². The molecule has 3 rings (SSSR count). The molecule has 0 atom stereocenters. The average Bonchev–Trinajstić information content (AvgIpc) is 3.23. The molecule has 0 saturated heterocycles. The summed E-state index contributed by atoms with van der Waals surface area (Å²) in [6, 6.07) is 13.9. The summed E-state index contributed by atoms with van der Waals surface area (Å²) in [6.07, 6.45) is 0. The van der Waals surface area contributed by atoms with Crippen molar-refractivity contribution < 1.29 is 18.8 Å². The van der Waals surface area contributed by atoms with E-state index in [2.05, 4.69) is 15.5 Å². The zero-order chi connectivity index (χ0) is 22.6. The van der Waals surface area contributed by atoms with E-state index in [1.165, 1.54) is 4.90 Å². The van der Waals surface area contributed by atoms with E-state index >= 15 is 0 Å². The molecule has 0 bridgehead atoms. The van der Waals surface area contributed by atoms with Gasteiger partial charge in [-0.15, -0.1) is 0 Å². The summed E-state index contributed by atoms with van der Waals surface area (Å²) in [7, 11) is 3.33. The average molecular weight is 422 g/mol. The van der Waals surface area contributed by atoms with Gasteiger partial charge in [0.05, 0.1) is 11.1 Å². The lowest BCUT2D eigenvalue weighted by Gasteiger charge is -2.12. The summed E-state index contributed by atoms with van der Waals surface area (Å²) in [5.41, 5.74) is 1.31. The van der Waals surface area contributed by atoms with Gasteiger partial charge in [-0.25, -0.2) is 0 Å². The van der Waals surface area contributed by atoms with E-state index in [0.29, 0.717) is 34.3 Å². The largest absolute Gasteiger partial charge is 0.484 e. The van der Waals surface area contributed by atoms with Gasteiger partial charge in [0.2, 0.25) is 0 Å². The summed E-state index contributed by atoms with van der Waals surface area (Å²) >= 11 is 0. The number of carbonyl (C=O) groups is 2. The number of ether oxygens (including phenoxy) is 1. The molecule has 3 aromatic rings. The van der Waals surface area contributed by atoms with E-state index in [1.54, 1.807) is 56.6 Å². The number of hydrogen-bond donors (Lipinski definition) is 1. The lowest BCUT2D eigenvalue weighted by atomic mass is 9.96. The molecule has 0 aliphatic heterocycles. The molecular formula is C23H26N4O4. The Hall–Kier alpha value is -3.68. The van der Waals surface area contributed by atoms with Gasteiger partial charge in [0, 0.05) is 25.2 Å². The Bertz CT molecular complexity index is 1070. The summed E-state index contributed by atoms with van der Waals surface area (Å²) in [5.74, 6) is 0.965. The number of nitrogens with zero attached hydrogens (tertiary/aromatic N) is 3. The third-order valence-corrected chi connectivity index (χ3v) is 4.47. The van der Waals surface area contributed by atoms with Crippen molar-refractivity contribution in [2.45, 2.75) is 26.2 Å². The highest BCUT2D eigenvalue weighted by Crippen LogP contribution is 2.27. The lowest BCUT2D eigenvalue weighted by molar-refractivity contribution is -0.130. The van der Waals surface area contributed by atoms with Crippen LogP contribution in [0.15, 0.2) is 53.1 Å². The topological polar surface area (TPSA) is 97.6 Å². The van der Waals surface area contributed by atoms with Crippen molar-refractivity contribution in [3.63, 3.8) is 0 Å². The maximum Gasteiger partial charge on any atom is 0.259 e.